The number of halogens is 2. The largest absolute Gasteiger partial charge is 0.482 e. The molecule has 1 N–H and O–H groups in total. The highest BCUT2D eigenvalue weighted by Gasteiger charge is 2.19. The summed E-state index contributed by atoms with van der Waals surface area (Å²) in [5.74, 6) is 0.495. The van der Waals surface area contributed by atoms with Crippen molar-refractivity contribution in [2.45, 2.75) is 12.3 Å². The van der Waals surface area contributed by atoms with Crippen LogP contribution in [-0.2, 0) is 4.79 Å². The Morgan fingerprint density at radius 3 is 2.86 bits per heavy atom. The highest BCUT2D eigenvalue weighted by molar-refractivity contribution is 6.31. The molecule has 3 rings (SSSR count). The summed E-state index contributed by atoms with van der Waals surface area (Å²) in [5, 5.41) is 3.09. The monoisotopic (exact) mass is 321 g/mol. The molecule has 0 saturated carbocycles. The van der Waals surface area contributed by atoms with Crippen molar-refractivity contribution in [2.24, 2.45) is 0 Å². The summed E-state index contributed by atoms with van der Waals surface area (Å²) >= 11 is 12.6. The summed E-state index contributed by atoms with van der Waals surface area (Å²) in [5.41, 5.74) is 3.55. The SMILES string of the molecule is Cc1ccc(Cl)cc1C(Cl)c1ccc2c(c1)NC(=O)CO2. The third-order valence-electron chi connectivity index (χ3n) is 3.44. The summed E-state index contributed by atoms with van der Waals surface area (Å²) in [6, 6.07) is 11.2. The number of alkyl halides is 1. The zero-order valence-corrected chi connectivity index (χ0v) is 12.8. The topological polar surface area (TPSA) is 38.3 Å². The Hall–Kier alpha value is -1.71. The molecule has 2 aromatic carbocycles. The zero-order chi connectivity index (χ0) is 15.0. The first kappa shape index (κ1) is 14.2. The van der Waals surface area contributed by atoms with E-state index in [-0.39, 0.29) is 17.9 Å². The van der Waals surface area contributed by atoms with Crippen LogP contribution < -0.4 is 10.1 Å². The quantitative estimate of drug-likeness (QED) is 0.837. The van der Waals surface area contributed by atoms with Crippen LogP contribution in [0, 0.1) is 6.92 Å². The number of fused-ring (bicyclic) bond motifs is 1. The van der Waals surface area contributed by atoms with Crippen LogP contribution in [0.1, 0.15) is 22.1 Å². The van der Waals surface area contributed by atoms with Gasteiger partial charge in [-0.3, -0.25) is 4.79 Å². The number of amides is 1. The van der Waals surface area contributed by atoms with E-state index in [0.717, 1.165) is 16.7 Å². The van der Waals surface area contributed by atoms with Crippen molar-refractivity contribution < 1.29 is 9.53 Å². The number of rotatable bonds is 2. The van der Waals surface area contributed by atoms with Crippen LogP contribution in [0.25, 0.3) is 0 Å². The maximum Gasteiger partial charge on any atom is 0.262 e. The fourth-order valence-corrected chi connectivity index (χ4v) is 2.87. The van der Waals surface area contributed by atoms with Gasteiger partial charge in [0.2, 0.25) is 0 Å². The normalized spacial score (nSPS) is 14.9. The second kappa shape index (κ2) is 5.58. The molecule has 1 unspecified atom stereocenters. The molecule has 0 saturated heterocycles. The van der Waals surface area contributed by atoms with Gasteiger partial charge in [-0.05, 0) is 47.9 Å². The fourth-order valence-electron chi connectivity index (χ4n) is 2.32. The maximum atomic E-state index is 11.4. The number of ether oxygens (including phenoxy) is 1. The molecule has 1 amide bonds. The average molecular weight is 322 g/mol. The van der Waals surface area contributed by atoms with Crippen LogP contribution in [0.4, 0.5) is 5.69 Å². The predicted molar refractivity (Wildman–Crippen MR) is 84.5 cm³/mol. The predicted octanol–water partition coefficient (Wildman–Crippen LogP) is 4.31. The summed E-state index contributed by atoms with van der Waals surface area (Å²) < 4.78 is 5.34. The molecule has 0 aliphatic carbocycles. The molecular weight excluding hydrogens is 309 g/mol. The van der Waals surface area contributed by atoms with E-state index in [1.165, 1.54) is 0 Å². The molecule has 1 atom stereocenters. The van der Waals surface area contributed by atoms with E-state index < -0.39 is 0 Å². The van der Waals surface area contributed by atoms with Gasteiger partial charge in [-0.15, -0.1) is 11.6 Å². The molecule has 0 fully saturated rings. The van der Waals surface area contributed by atoms with E-state index in [0.29, 0.717) is 16.5 Å². The molecule has 1 heterocycles. The van der Waals surface area contributed by atoms with Gasteiger partial charge in [0.1, 0.15) is 5.75 Å². The molecule has 0 bridgehead atoms. The van der Waals surface area contributed by atoms with Crippen molar-refractivity contribution in [2.75, 3.05) is 11.9 Å². The van der Waals surface area contributed by atoms with Gasteiger partial charge in [-0.2, -0.15) is 0 Å². The van der Waals surface area contributed by atoms with Crippen LogP contribution >= 0.6 is 23.2 Å². The Morgan fingerprint density at radius 2 is 2.05 bits per heavy atom. The molecule has 2 aromatic rings. The number of nitrogens with one attached hydrogen (secondary N) is 1. The van der Waals surface area contributed by atoms with E-state index in [9.17, 15) is 4.79 Å². The molecule has 0 radical (unpaired) electrons. The van der Waals surface area contributed by atoms with Crippen LogP contribution in [0.5, 0.6) is 5.75 Å². The lowest BCUT2D eigenvalue weighted by molar-refractivity contribution is -0.118. The van der Waals surface area contributed by atoms with Gasteiger partial charge >= 0.3 is 0 Å². The van der Waals surface area contributed by atoms with Gasteiger partial charge in [-0.1, -0.05) is 23.7 Å². The lowest BCUT2D eigenvalue weighted by Crippen LogP contribution is -2.25. The Morgan fingerprint density at radius 1 is 1.24 bits per heavy atom. The average Bonchev–Trinajstić information content (AvgIpc) is 2.48. The number of carbonyl (C=O) groups is 1. The maximum absolute atomic E-state index is 11.4. The number of carbonyl (C=O) groups excluding carboxylic acids is 1. The molecule has 0 spiro atoms. The first-order chi connectivity index (χ1) is 10.0. The molecule has 5 heteroatoms. The Labute approximate surface area is 132 Å². The van der Waals surface area contributed by atoms with Crippen molar-refractivity contribution in [1.82, 2.24) is 0 Å². The van der Waals surface area contributed by atoms with Gasteiger partial charge < -0.3 is 10.1 Å². The van der Waals surface area contributed by atoms with E-state index in [1.54, 1.807) is 0 Å². The Kier molecular flexibility index (Phi) is 3.79. The second-order valence-corrected chi connectivity index (χ2v) is 5.83. The van der Waals surface area contributed by atoms with Crippen LogP contribution in [0.3, 0.4) is 0 Å². The number of hydrogen-bond donors (Lipinski definition) is 1. The molecule has 3 nitrogen and oxygen atoms in total. The second-order valence-electron chi connectivity index (χ2n) is 4.96. The van der Waals surface area contributed by atoms with Crippen molar-refractivity contribution in [3.05, 3.63) is 58.1 Å². The molecule has 108 valence electrons. The van der Waals surface area contributed by atoms with Crippen molar-refractivity contribution in [1.29, 1.82) is 0 Å². The molecular formula is C16H13Cl2NO2. The van der Waals surface area contributed by atoms with Crippen molar-refractivity contribution in [3.8, 4) is 5.75 Å². The lowest BCUT2D eigenvalue weighted by Gasteiger charge is -2.20. The highest BCUT2D eigenvalue weighted by Crippen LogP contribution is 2.37. The van der Waals surface area contributed by atoms with Crippen LogP contribution in [-0.4, -0.2) is 12.5 Å². The molecule has 1 aliphatic rings. The number of hydrogen-bond acceptors (Lipinski definition) is 2. The summed E-state index contributed by atoms with van der Waals surface area (Å²) in [7, 11) is 0. The van der Waals surface area contributed by atoms with Gasteiger partial charge in [-0.25, -0.2) is 0 Å². The molecule has 21 heavy (non-hydrogen) atoms. The van der Waals surface area contributed by atoms with Gasteiger partial charge in [0, 0.05) is 5.02 Å². The van der Waals surface area contributed by atoms with Crippen LogP contribution in [0.2, 0.25) is 5.02 Å². The zero-order valence-electron chi connectivity index (χ0n) is 11.3. The lowest BCUT2D eigenvalue weighted by atomic mass is 9.99. The minimum absolute atomic E-state index is 0.0457. The number of benzene rings is 2. The van der Waals surface area contributed by atoms with Gasteiger partial charge in [0.15, 0.2) is 6.61 Å². The summed E-state index contributed by atoms with van der Waals surface area (Å²) in [6.45, 7) is 2.04. The summed E-state index contributed by atoms with van der Waals surface area (Å²) in [4.78, 5) is 11.4. The van der Waals surface area contributed by atoms with E-state index in [4.69, 9.17) is 27.9 Å². The third-order valence-corrected chi connectivity index (χ3v) is 4.17. The minimum atomic E-state index is -0.340. The molecule has 0 aromatic heterocycles. The fraction of sp³-hybridized carbons (Fsp3) is 0.188. The summed E-state index contributed by atoms with van der Waals surface area (Å²) in [6.07, 6.45) is 0. The van der Waals surface area contributed by atoms with Crippen molar-refractivity contribution >= 4 is 34.8 Å². The third kappa shape index (κ3) is 2.85. The highest BCUT2D eigenvalue weighted by atomic mass is 35.5. The smallest absolute Gasteiger partial charge is 0.262 e. The first-order valence-electron chi connectivity index (χ1n) is 6.51. The van der Waals surface area contributed by atoms with E-state index >= 15 is 0 Å². The van der Waals surface area contributed by atoms with E-state index in [2.05, 4.69) is 5.32 Å². The molecule has 1 aliphatic heterocycles. The van der Waals surface area contributed by atoms with E-state index in [1.807, 2.05) is 43.3 Å². The minimum Gasteiger partial charge on any atom is -0.482 e. The number of aryl methyl sites for hydroxylation is 1. The standard InChI is InChI=1S/C16H13Cl2NO2/c1-9-2-4-11(17)7-12(9)16(18)10-3-5-14-13(6-10)19-15(20)8-21-14/h2-7,16H,8H2,1H3,(H,19,20). The van der Waals surface area contributed by atoms with Crippen molar-refractivity contribution in [3.63, 3.8) is 0 Å². The van der Waals surface area contributed by atoms with Crippen LogP contribution in [0.15, 0.2) is 36.4 Å². The van der Waals surface area contributed by atoms with Gasteiger partial charge in [0.05, 0.1) is 11.1 Å². The van der Waals surface area contributed by atoms with Gasteiger partial charge in [0.25, 0.3) is 5.91 Å². The first-order valence-corrected chi connectivity index (χ1v) is 7.33. The Balaban J connectivity index is 1.98. The Bertz CT molecular complexity index is 715. The number of anilines is 1.